The number of aromatic nitrogens is 1. The second kappa shape index (κ2) is 12.1. The van der Waals surface area contributed by atoms with Crippen LogP contribution in [-0.2, 0) is 9.53 Å². The summed E-state index contributed by atoms with van der Waals surface area (Å²) in [5.41, 5.74) is 4.33. The highest BCUT2D eigenvalue weighted by Gasteiger charge is 2.35. The lowest BCUT2D eigenvalue weighted by Crippen LogP contribution is -2.40. The quantitative estimate of drug-likeness (QED) is 0.251. The van der Waals surface area contributed by atoms with Crippen LogP contribution in [0.4, 0.5) is 0 Å². The molecule has 0 unspecified atom stereocenters. The molecule has 0 saturated heterocycles. The number of nitrogens with zero attached hydrogens (tertiary/aromatic N) is 2. The van der Waals surface area contributed by atoms with Crippen LogP contribution in [0.25, 0.3) is 11.8 Å². The van der Waals surface area contributed by atoms with Gasteiger partial charge in [-0.3, -0.25) is 9.36 Å². The number of esters is 1. The summed E-state index contributed by atoms with van der Waals surface area (Å²) in [7, 11) is 0. The van der Waals surface area contributed by atoms with Crippen LogP contribution in [0.5, 0.6) is 5.75 Å². The minimum absolute atomic E-state index is 0.0755. The monoisotopic (exact) mass is 566 g/mol. The Hall–Kier alpha value is -4.23. The van der Waals surface area contributed by atoms with Gasteiger partial charge in [-0.15, -0.1) is 0 Å². The van der Waals surface area contributed by atoms with E-state index in [0.717, 1.165) is 22.4 Å². The fraction of sp³-hybridized carbons (Fsp3) is 0.265. The van der Waals surface area contributed by atoms with Crippen molar-refractivity contribution in [1.29, 1.82) is 0 Å². The van der Waals surface area contributed by atoms with Crippen LogP contribution in [0.1, 0.15) is 68.8 Å². The van der Waals surface area contributed by atoms with E-state index < -0.39 is 12.0 Å². The van der Waals surface area contributed by atoms with Crippen LogP contribution in [0.15, 0.2) is 94.2 Å². The normalized spacial score (nSPS) is 15.2. The van der Waals surface area contributed by atoms with Crippen LogP contribution in [0.3, 0.4) is 0 Å². The van der Waals surface area contributed by atoms with Crippen molar-refractivity contribution < 1.29 is 14.3 Å². The van der Waals surface area contributed by atoms with Gasteiger partial charge < -0.3 is 9.47 Å². The molecule has 1 aliphatic rings. The number of hydrogen-bond donors (Lipinski definition) is 0. The van der Waals surface area contributed by atoms with Gasteiger partial charge in [0.25, 0.3) is 5.56 Å². The fourth-order valence-corrected chi connectivity index (χ4v) is 5.89. The van der Waals surface area contributed by atoms with Crippen molar-refractivity contribution in [2.75, 3.05) is 6.61 Å². The van der Waals surface area contributed by atoms with Crippen LogP contribution in [0.2, 0.25) is 0 Å². The molecule has 0 radical (unpaired) electrons. The standard InChI is InChI=1S/C34H34N2O4S/c1-6-39-33(38)29-30(25-10-8-7-9-11-25)35-34-36(31(29)26-16-14-24(15-17-26)21(2)3)32(37)28(41-34)20-23-12-18-27(19-13-23)40-22(4)5/h7-22,31H,6H2,1-5H3/b28-20-/t31-/m0/s1. The number of fused-ring (bicyclic) bond motifs is 1. The summed E-state index contributed by atoms with van der Waals surface area (Å²) >= 11 is 1.31. The fourth-order valence-electron chi connectivity index (χ4n) is 4.89. The molecule has 6 nitrogen and oxygen atoms in total. The third kappa shape index (κ3) is 5.95. The molecule has 7 heteroatoms. The van der Waals surface area contributed by atoms with Gasteiger partial charge >= 0.3 is 5.97 Å². The number of rotatable bonds is 8. The summed E-state index contributed by atoms with van der Waals surface area (Å²) < 4.78 is 13.5. The summed E-state index contributed by atoms with van der Waals surface area (Å²) in [6.07, 6.45) is 1.93. The maximum Gasteiger partial charge on any atom is 0.338 e. The van der Waals surface area contributed by atoms with Gasteiger partial charge in [0.1, 0.15) is 5.75 Å². The van der Waals surface area contributed by atoms with Crippen molar-refractivity contribution in [2.24, 2.45) is 4.99 Å². The summed E-state index contributed by atoms with van der Waals surface area (Å²) in [5, 5.41) is 0. The van der Waals surface area contributed by atoms with E-state index in [9.17, 15) is 9.59 Å². The minimum Gasteiger partial charge on any atom is -0.491 e. The lowest BCUT2D eigenvalue weighted by molar-refractivity contribution is -0.138. The summed E-state index contributed by atoms with van der Waals surface area (Å²) in [6, 6.07) is 24.7. The van der Waals surface area contributed by atoms with E-state index >= 15 is 0 Å². The number of carbonyl (C=O) groups excluding carboxylic acids is 1. The van der Waals surface area contributed by atoms with Crippen molar-refractivity contribution in [3.8, 4) is 5.75 Å². The molecule has 0 N–H and O–H groups in total. The van der Waals surface area contributed by atoms with Gasteiger partial charge in [-0.25, -0.2) is 9.79 Å². The maximum absolute atomic E-state index is 14.0. The van der Waals surface area contributed by atoms with Crippen LogP contribution >= 0.6 is 11.3 Å². The molecule has 4 aromatic rings. The van der Waals surface area contributed by atoms with E-state index in [1.807, 2.05) is 86.7 Å². The molecular formula is C34H34N2O4S. The molecule has 0 bridgehead atoms. The summed E-state index contributed by atoms with van der Waals surface area (Å²) in [4.78, 5) is 33.1. The lowest BCUT2D eigenvalue weighted by Gasteiger charge is -2.26. The predicted octanol–water partition coefficient (Wildman–Crippen LogP) is 5.85. The van der Waals surface area contributed by atoms with Crippen LogP contribution in [0, 0.1) is 0 Å². The first-order valence-corrected chi connectivity index (χ1v) is 14.7. The highest BCUT2D eigenvalue weighted by molar-refractivity contribution is 7.07. The van der Waals surface area contributed by atoms with Gasteiger partial charge in [0.05, 0.1) is 34.6 Å². The first-order valence-electron chi connectivity index (χ1n) is 13.9. The number of ether oxygens (including phenoxy) is 2. The third-order valence-electron chi connectivity index (χ3n) is 6.84. The van der Waals surface area contributed by atoms with Crippen molar-refractivity contribution in [1.82, 2.24) is 4.57 Å². The van der Waals surface area contributed by atoms with Gasteiger partial charge in [0, 0.05) is 5.56 Å². The van der Waals surface area contributed by atoms with E-state index in [4.69, 9.17) is 14.5 Å². The van der Waals surface area contributed by atoms with E-state index in [0.29, 0.717) is 26.5 Å². The Morgan fingerprint density at radius 2 is 1.66 bits per heavy atom. The largest absolute Gasteiger partial charge is 0.491 e. The van der Waals surface area contributed by atoms with Gasteiger partial charge in [0.2, 0.25) is 0 Å². The molecule has 3 aromatic carbocycles. The number of benzene rings is 3. The molecule has 0 saturated carbocycles. The molecular weight excluding hydrogens is 532 g/mol. The molecule has 1 aliphatic heterocycles. The highest BCUT2D eigenvalue weighted by Crippen LogP contribution is 2.35. The van der Waals surface area contributed by atoms with Crippen LogP contribution in [-0.4, -0.2) is 23.2 Å². The Bertz CT molecular complexity index is 1750. The van der Waals surface area contributed by atoms with Crippen molar-refractivity contribution >= 4 is 29.1 Å². The highest BCUT2D eigenvalue weighted by atomic mass is 32.1. The number of hydrogen-bond acceptors (Lipinski definition) is 6. The summed E-state index contributed by atoms with van der Waals surface area (Å²) in [6.45, 7) is 10.2. The first-order chi connectivity index (χ1) is 19.8. The van der Waals surface area contributed by atoms with E-state index in [2.05, 4.69) is 26.0 Å². The molecule has 0 amide bonds. The molecule has 210 valence electrons. The number of carbonyl (C=O) groups is 1. The molecule has 1 aromatic heterocycles. The third-order valence-corrected chi connectivity index (χ3v) is 7.83. The van der Waals surface area contributed by atoms with Gasteiger partial charge in [-0.05, 0) is 61.6 Å². The topological polar surface area (TPSA) is 69.9 Å². The Morgan fingerprint density at radius 1 is 0.976 bits per heavy atom. The maximum atomic E-state index is 14.0. The molecule has 5 rings (SSSR count). The molecule has 41 heavy (non-hydrogen) atoms. The molecule has 0 fully saturated rings. The zero-order valence-electron chi connectivity index (χ0n) is 24.0. The average Bonchev–Trinajstić information content (AvgIpc) is 3.27. The van der Waals surface area contributed by atoms with Gasteiger partial charge in [0.15, 0.2) is 4.80 Å². The predicted molar refractivity (Wildman–Crippen MR) is 164 cm³/mol. The lowest BCUT2D eigenvalue weighted by atomic mass is 9.91. The van der Waals surface area contributed by atoms with E-state index in [1.54, 1.807) is 11.5 Å². The molecule has 1 atom stereocenters. The molecule has 0 spiro atoms. The number of thiazole rings is 1. The second-order valence-corrected chi connectivity index (χ2v) is 11.5. The Labute approximate surface area is 243 Å². The Balaban J connectivity index is 1.74. The van der Waals surface area contributed by atoms with Gasteiger partial charge in [-0.2, -0.15) is 0 Å². The minimum atomic E-state index is -0.689. The van der Waals surface area contributed by atoms with Crippen LogP contribution < -0.4 is 19.6 Å². The SMILES string of the molecule is CCOC(=O)C1=C(c2ccccc2)N=c2s/c(=C\c3ccc(OC(C)C)cc3)c(=O)n2[C@H]1c1ccc(C(C)C)cc1. The zero-order valence-corrected chi connectivity index (χ0v) is 24.8. The molecule has 0 aliphatic carbocycles. The van der Waals surface area contributed by atoms with Crippen molar-refractivity contribution in [2.45, 2.75) is 52.7 Å². The molecule has 2 heterocycles. The Kier molecular flexibility index (Phi) is 8.36. The van der Waals surface area contributed by atoms with E-state index in [-0.39, 0.29) is 18.3 Å². The van der Waals surface area contributed by atoms with Crippen molar-refractivity contribution in [3.63, 3.8) is 0 Å². The first kappa shape index (κ1) is 28.3. The summed E-state index contributed by atoms with van der Waals surface area (Å²) in [5.74, 6) is 0.640. The second-order valence-electron chi connectivity index (χ2n) is 10.5. The van der Waals surface area contributed by atoms with Gasteiger partial charge in [-0.1, -0.05) is 91.9 Å². The van der Waals surface area contributed by atoms with Crippen molar-refractivity contribution in [3.05, 3.63) is 126 Å². The van der Waals surface area contributed by atoms with E-state index in [1.165, 1.54) is 16.9 Å². The Morgan fingerprint density at radius 3 is 2.27 bits per heavy atom. The zero-order chi connectivity index (χ0) is 29.1. The average molecular weight is 567 g/mol. The smallest absolute Gasteiger partial charge is 0.338 e.